The van der Waals surface area contributed by atoms with Gasteiger partial charge in [-0.2, -0.15) is 5.01 Å². The third-order valence-electron chi connectivity index (χ3n) is 5.59. The second-order valence-electron chi connectivity index (χ2n) is 7.50. The number of nitrogens with zero attached hydrogens (tertiary/aromatic N) is 2. The SMILES string of the molecule is C[C@@H]1C=CC[C@H]2C(=O)N(N(Cc3ccccc3)C(=O)c3ccc(Cl)cc3)C(=O)[C@H]12. The summed E-state index contributed by atoms with van der Waals surface area (Å²) in [5, 5.41) is 2.85. The lowest BCUT2D eigenvalue weighted by Gasteiger charge is -2.31. The Balaban J connectivity index is 1.72. The number of allylic oxidation sites excluding steroid dienone is 2. The van der Waals surface area contributed by atoms with Gasteiger partial charge in [0.25, 0.3) is 17.7 Å². The predicted octanol–water partition coefficient (Wildman–Crippen LogP) is 4.09. The molecule has 2 aromatic rings. The Morgan fingerprint density at radius 3 is 2.41 bits per heavy atom. The van der Waals surface area contributed by atoms with Crippen molar-refractivity contribution in [1.82, 2.24) is 10.0 Å². The molecule has 2 aliphatic rings. The molecule has 1 saturated heterocycles. The summed E-state index contributed by atoms with van der Waals surface area (Å²) in [6.45, 7) is 2.06. The van der Waals surface area contributed by atoms with Crippen molar-refractivity contribution in [3.63, 3.8) is 0 Å². The number of carbonyl (C=O) groups excluding carboxylic acids is 3. The number of benzene rings is 2. The Bertz CT molecular complexity index is 971. The molecule has 2 aromatic carbocycles. The van der Waals surface area contributed by atoms with Crippen molar-refractivity contribution in [3.8, 4) is 0 Å². The molecule has 0 aromatic heterocycles. The van der Waals surface area contributed by atoms with E-state index in [1.54, 1.807) is 24.3 Å². The van der Waals surface area contributed by atoms with Crippen molar-refractivity contribution >= 4 is 29.3 Å². The van der Waals surface area contributed by atoms with Gasteiger partial charge < -0.3 is 0 Å². The van der Waals surface area contributed by atoms with Crippen molar-refractivity contribution in [2.24, 2.45) is 17.8 Å². The lowest BCUT2D eigenvalue weighted by molar-refractivity contribution is -0.155. The smallest absolute Gasteiger partial charge is 0.272 e. The van der Waals surface area contributed by atoms with Gasteiger partial charge in [-0.3, -0.25) is 14.4 Å². The third kappa shape index (κ3) is 3.58. The summed E-state index contributed by atoms with van der Waals surface area (Å²) in [5.41, 5.74) is 1.20. The van der Waals surface area contributed by atoms with Gasteiger partial charge in [0.05, 0.1) is 18.4 Å². The van der Waals surface area contributed by atoms with E-state index in [4.69, 9.17) is 11.6 Å². The van der Waals surface area contributed by atoms with Crippen molar-refractivity contribution in [1.29, 1.82) is 0 Å². The molecule has 3 amide bonds. The van der Waals surface area contributed by atoms with Crippen LogP contribution in [0.5, 0.6) is 0 Å². The molecule has 29 heavy (non-hydrogen) atoms. The number of hydrazine groups is 1. The average molecular weight is 409 g/mol. The van der Waals surface area contributed by atoms with Crippen LogP contribution < -0.4 is 0 Å². The molecule has 0 spiro atoms. The number of amides is 3. The molecule has 0 saturated carbocycles. The number of hydrogen-bond donors (Lipinski definition) is 0. The summed E-state index contributed by atoms with van der Waals surface area (Å²) in [6.07, 6.45) is 4.44. The highest BCUT2D eigenvalue weighted by Crippen LogP contribution is 2.39. The monoisotopic (exact) mass is 408 g/mol. The molecule has 0 N–H and O–H groups in total. The van der Waals surface area contributed by atoms with Gasteiger partial charge in [0.1, 0.15) is 0 Å². The van der Waals surface area contributed by atoms with Gasteiger partial charge in [0, 0.05) is 10.6 Å². The van der Waals surface area contributed by atoms with Crippen LogP contribution in [0.15, 0.2) is 66.7 Å². The Hall–Kier alpha value is -2.92. The minimum atomic E-state index is -0.427. The number of halogens is 1. The van der Waals surface area contributed by atoms with Crippen LogP contribution in [0.4, 0.5) is 0 Å². The maximum absolute atomic E-state index is 13.3. The van der Waals surface area contributed by atoms with Gasteiger partial charge in [0.15, 0.2) is 0 Å². The highest BCUT2D eigenvalue weighted by atomic mass is 35.5. The van der Waals surface area contributed by atoms with Gasteiger partial charge in [-0.1, -0.05) is 61.0 Å². The van der Waals surface area contributed by atoms with E-state index >= 15 is 0 Å². The Labute approximate surface area is 174 Å². The van der Waals surface area contributed by atoms with Crippen molar-refractivity contribution in [2.75, 3.05) is 0 Å². The summed E-state index contributed by atoms with van der Waals surface area (Å²) in [5.74, 6) is -1.92. The van der Waals surface area contributed by atoms with Crippen LogP contribution in [-0.4, -0.2) is 27.7 Å². The van der Waals surface area contributed by atoms with Crippen molar-refractivity contribution in [3.05, 3.63) is 82.9 Å². The summed E-state index contributed by atoms with van der Waals surface area (Å²) >= 11 is 5.95. The molecule has 1 fully saturated rings. The van der Waals surface area contributed by atoms with Crippen LogP contribution in [0, 0.1) is 17.8 Å². The number of fused-ring (bicyclic) bond motifs is 1. The Morgan fingerprint density at radius 2 is 1.76 bits per heavy atom. The van der Waals surface area contributed by atoms with Gasteiger partial charge >= 0.3 is 0 Å². The number of imide groups is 1. The lowest BCUT2D eigenvalue weighted by atomic mass is 9.78. The summed E-state index contributed by atoms with van der Waals surface area (Å²) in [4.78, 5) is 39.8. The van der Waals surface area contributed by atoms with Gasteiger partial charge in [0.2, 0.25) is 0 Å². The van der Waals surface area contributed by atoms with Crippen molar-refractivity contribution in [2.45, 2.75) is 19.9 Å². The van der Waals surface area contributed by atoms with E-state index in [0.717, 1.165) is 10.6 Å². The lowest BCUT2D eigenvalue weighted by Crippen LogP contribution is -2.50. The predicted molar refractivity (Wildman–Crippen MR) is 110 cm³/mol. The van der Waals surface area contributed by atoms with Gasteiger partial charge in [-0.25, -0.2) is 5.01 Å². The van der Waals surface area contributed by atoms with Crippen molar-refractivity contribution < 1.29 is 14.4 Å². The molecule has 1 heterocycles. The summed E-state index contributed by atoms with van der Waals surface area (Å²) < 4.78 is 0. The van der Waals surface area contributed by atoms with Crippen LogP contribution >= 0.6 is 11.6 Å². The first-order valence-electron chi connectivity index (χ1n) is 9.63. The standard InChI is InChI=1S/C23H21ClN2O3/c1-15-6-5-9-19-20(15)23(29)26(22(19)28)25(14-16-7-3-2-4-8-16)21(27)17-10-12-18(24)13-11-17/h2-8,10-13,15,19-20H,9,14H2,1H3/t15-,19-,20-/m1/s1. The molecular weight excluding hydrogens is 388 g/mol. The first kappa shape index (κ1) is 19.4. The molecule has 4 rings (SSSR count). The second kappa shape index (κ2) is 7.84. The van der Waals surface area contributed by atoms with Crippen LogP contribution in [0.1, 0.15) is 29.3 Å². The maximum Gasteiger partial charge on any atom is 0.273 e. The first-order valence-corrected chi connectivity index (χ1v) is 10.0. The van der Waals surface area contributed by atoms with E-state index < -0.39 is 17.7 Å². The number of rotatable bonds is 4. The Kier molecular flexibility index (Phi) is 5.24. The summed E-state index contributed by atoms with van der Waals surface area (Å²) in [6, 6.07) is 15.8. The van der Waals surface area contributed by atoms with Crippen LogP contribution in [0.3, 0.4) is 0 Å². The zero-order valence-corrected chi connectivity index (χ0v) is 16.8. The zero-order valence-electron chi connectivity index (χ0n) is 16.0. The number of carbonyl (C=O) groups is 3. The van der Waals surface area contributed by atoms with Gasteiger partial charge in [-0.15, -0.1) is 0 Å². The maximum atomic E-state index is 13.3. The third-order valence-corrected chi connectivity index (χ3v) is 5.84. The second-order valence-corrected chi connectivity index (χ2v) is 7.94. The molecule has 1 aliphatic carbocycles. The van der Waals surface area contributed by atoms with E-state index in [1.807, 2.05) is 49.4 Å². The van der Waals surface area contributed by atoms with Crippen LogP contribution in [0.25, 0.3) is 0 Å². The van der Waals surface area contributed by atoms with E-state index in [0.29, 0.717) is 17.0 Å². The summed E-state index contributed by atoms with van der Waals surface area (Å²) in [7, 11) is 0. The van der Waals surface area contributed by atoms with Crippen LogP contribution in [0.2, 0.25) is 5.02 Å². The normalized spacial score (nSPS) is 23.2. The fourth-order valence-electron chi connectivity index (χ4n) is 4.10. The average Bonchev–Trinajstić information content (AvgIpc) is 2.98. The first-order chi connectivity index (χ1) is 14.0. The quantitative estimate of drug-likeness (QED) is 0.565. The van der Waals surface area contributed by atoms with Gasteiger partial charge in [-0.05, 0) is 42.2 Å². The minimum absolute atomic E-state index is 0.0422. The zero-order chi connectivity index (χ0) is 20.5. The molecule has 0 radical (unpaired) electrons. The largest absolute Gasteiger partial charge is 0.273 e. The molecule has 148 valence electrons. The minimum Gasteiger partial charge on any atom is -0.272 e. The van der Waals surface area contributed by atoms with E-state index in [2.05, 4.69) is 0 Å². The molecule has 0 unspecified atom stereocenters. The highest BCUT2D eigenvalue weighted by molar-refractivity contribution is 6.30. The van der Waals surface area contributed by atoms with E-state index in [-0.39, 0.29) is 24.3 Å². The van der Waals surface area contributed by atoms with E-state index in [1.165, 1.54) is 5.01 Å². The Morgan fingerprint density at radius 1 is 1.07 bits per heavy atom. The molecule has 6 heteroatoms. The molecule has 1 aliphatic heterocycles. The highest BCUT2D eigenvalue weighted by Gasteiger charge is 2.53. The van der Waals surface area contributed by atoms with E-state index in [9.17, 15) is 14.4 Å². The number of hydrogen-bond acceptors (Lipinski definition) is 3. The molecular formula is C23H21ClN2O3. The van der Waals surface area contributed by atoms with Crippen LogP contribution in [-0.2, 0) is 16.1 Å². The molecule has 0 bridgehead atoms. The topological polar surface area (TPSA) is 57.7 Å². The molecule has 3 atom stereocenters. The fraction of sp³-hybridized carbons (Fsp3) is 0.261. The molecule has 5 nitrogen and oxygen atoms in total. The fourth-order valence-corrected chi connectivity index (χ4v) is 4.23.